The smallest absolute Gasteiger partial charge is 0.222 e. The van der Waals surface area contributed by atoms with E-state index in [2.05, 4.69) is 62.3 Å². The van der Waals surface area contributed by atoms with E-state index in [0.29, 0.717) is 54.4 Å². The number of hydrogen-bond donors (Lipinski definition) is 3. The molecule has 47 heavy (non-hydrogen) atoms. The molecule has 1 aliphatic heterocycles. The highest BCUT2D eigenvalue weighted by molar-refractivity contribution is 5.76. The van der Waals surface area contributed by atoms with Gasteiger partial charge in [0, 0.05) is 44.2 Å². The number of anilines is 1. The standard InChI is InChI=1S/C40H58N4O3/c1-25-5-8-27(9-6-25)15-19-41-38-42-23-28-24-44(20-16-34(28)43-38)36(47)12-7-26(2)31-10-11-32-37-33(14-18-40(31,32)4)39(3)17-13-30(45)21-29(39)22-35(37)46/h5-6,8-9,23,26,29-33,35,37,45-46H,7,10-22,24H2,1-4H3,(H,41,42,43)/t26-,29+,30-,31-,32+,33+,35+,37+,39+,40-/m1/s1. The number of aromatic nitrogens is 2. The molecule has 256 valence electrons. The lowest BCUT2D eigenvalue weighted by Gasteiger charge is -2.62. The van der Waals surface area contributed by atoms with E-state index in [1.807, 2.05) is 11.1 Å². The van der Waals surface area contributed by atoms with Gasteiger partial charge in [-0.05, 0) is 123 Å². The van der Waals surface area contributed by atoms with E-state index >= 15 is 0 Å². The number of nitrogens with one attached hydrogen (secondary N) is 1. The maximum atomic E-state index is 13.5. The number of rotatable bonds is 8. The number of nitrogens with zero attached hydrogens (tertiary/aromatic N) is 3. The Kier molecular flexibility index (Phi) is 9.18. The van der Waals surface area contributed by atoms with Gasteiger partial charge in [-0.3, -0.25) is 4.79 Å². The third-order valence-corrected chi connectivity index (χ3v) is 14.3. The first-order chi connectivity index (χ1) is 22.5. The van der Waals surface area contributed by atoms with Gasteiger partial charge in [0.15, 0.2) is 0 Å². The van der Waals surface area contributed by atoms with Crippen LogP contribution in [0.2, 0.25) is 0 Å². The second kappa shape index (κ2) is 13.1. The minimum absolute atomic E-state index is 0.187. The minimum atomic E-state index is -0.236. The lowest BCUT2D eigenvalue weighted by Crippen LogP contribution is -2.58. The minimum Gasteiger partial charge on any atom is -0.393 e. The second-order valence-corrected chi connectivity index (χ2v) is 16.9. The van der Waals surface area contributed by atoms with Gasteiger partial charge in [0.1, 0.15) is 0 Å². The molecule has 1 amide bonds. The normalized spacial score (nSPS) is 36.9. The van der Waals surface area contributed by atoms with Gasteiger partial charge in [-0.15, -0.1) is 0 Å². The van der Waals surface area contributed by atoms with Crippen molar-refractivity contribution >= 4 is 11.9 Å². The van der Waals surface area contributed by atoms with E-state index in [1.54, 1.807) is 0 Å². The number of amides is 1. The molecule has 1 aromatic carbocycles. The molecule has 7 rings (SSSR count). The molecule has 7 nitrogen and oxygen atoms in total. The summed E-state index contributed by atoms with van der Waals surface area (Å²) in [4.78, 5) is 24.9. The molecule has 7 heteroatoms. The molecular weight excluding hydrogens is 584 g/mol. The Balaban J connectivity index is 0.915. The zero-order valence-corrected chi connectivity index (χ0v) is 29.3. The summed E-state index contributed by atoms with van der Waals surface area (Å²) in [5.74, 6) is 4.03. The van der Waals surface area contributed by atoms with Gasteiger partial charge in [-0.1, -0.05) is 50.6 Å². The van der Waals surface area contributed by atoms with Crippen molar-refractivity contribution in [1.29, 1.82) is 0 Å². The molecule has 4 saturated carbocycles. The highest BCUT2D eigenvalue weighted by Crippen LogP contribution is 2.68. The van der Waals surface area contributed by atoms with Gasteiger partial charge in [0.05, 0.1) is 17.9 Å². The summed E-state index contributed by atoms with van der Waals surface area (Å²) in [7, 11) is 0. The average molecular weight is 643 g/mol. The Morgan fingerprint density at radius 1 is 1.04 bits per heavy atom. The lowest BCUT2D eigenvalue weighted by molar-refractivity contribution is -0.174. The van der Waals surface area contributed by atoms with Crippen LogP contribution in [0.3, 0.4) is 0 Å². The topological polar surface area (TPSA) is 98.6 Å². The third-order valence-electron chi connectivity index (χ3n) is 14.3. The van der Waals surface area contributed by atoms with Gasteiger partial charge < -0.3 is 20.4 Å². The van der Waals surface area contributed by atoms with E-state index in [-0.39, 0.29) is 28.9 Å². The van der Waals surface area contributed by atoms with E-state index in [4.69, 9.17) is 4.98 Å². The summed E-state index contributed by atoms with van der Waals surface area (Å²) in [6, 6.07) is 8.64. The first-order valence-electron chi connectivity index (χ1n) is 18.8. The van der Waals surface area contributed by atoms with Crippen LogP contribution >= 0.6 is 0 Å². The van der Waals surface area contributed by atoms with Crippen molar-refractivity contribution in [3.63, 3.8) is 0 Å². The van der Waals surface area contributed by atoms with Crippen LogP contribution in [0.1, 0.15) is 107 Å². The Morgan fingerprint density at radius 3 is 2.62 bits per heavy atom. The molecule has 2 heterocycles. The average Bonchev–Trinajstić information content (AvgIpc) is 3.42. The van der Waals surface area contributed by atoms with Crippen LogP contribution in [0.15, 0.2) is 30.5 Å². The first-order valence-corrected chi connectivity index (χ1v) is 18.8. The molecular formula is C40H58N4O3. The van der Waals surface area contributed by atoms with E-state index < -0.39 is 0 Å². The summed E-state index contributed by atoms with van der Waals surface area (Å²) in [6.07, 6.45) is 13.4. The van der Waals surface area contributed by atoms with Crippen LogP contribution in [0.5, 0.6) is 0 Å². The molecule has 10 atom stereocenters. The molecule has 0 bridgehead atoms. The molecule has 0 unspecified atom stereocenters. The van der Waals surface area contributed by atoms with E-state index in [9.17, 15) is 15.0 Å². The van der Waals surface area contributed by atoms with Crippen molar-refractivity contribution < 1.29 is 15.0 Å². The van der Waals surface area contributed by atoms with Crippen molar-refractivity contribution in [2.45, 2.75) is 123 Å². The highest BCUT2D eigenvalue weighted by atomic mass is 16.3. The van der Waals surface area contributed by atoms with Gasteiger partial charge in [-0.2, -0.15) is 0 Å². The van der Waals surface area contributed by atoms with Gasteiger partial charge >= 0.3 is 0 Å². The number of hydrogen-bond acceptors (Lipinski definition) is 6. The summed E-state index contributed by atoms with van der Waals surface area (Å²) in [6.45, 7) is 11.6. The summed E-state index contributed by atoms with van der Waals surface area (Å²) in [5, 5.41) is 25.4. The highest BCUT2D eigenvalue weighted by Gasteiger charge is 2.62. The van der Waals surface area contributed by atoms with Crippen LogP contribution < -0.4 is 5.32 Å². The largest absolute Gasteiger partial charge is 0.393 e. The van der Waals surface area contributed by atoms with Crippen LogP contribution in [-0.4, -0.2) is 56.3 Å². The monoisotopic (exact) mass is 642 g/mol. The number of aryl methyl sites for hydroxylation is 1. The fourth-order valence-corrected chi connectivity index (χ4v) is 11.6. The molecule has 0 spiro atoms. The first kappa shape index (κ1) is 33.0. The zero-order chi connectivity index (χ0) is 32.9. The predicted octanol–water partition coefficient (Wildman–Crippen LogP) is 6.73. The molecule has 4 fully saturated rings. The zero-order valence-electron chi connectivity index (χ0n) is 29.3. The van der Waals surface area contributed by atoms with Crippen molar-refractivity contribution in [1.82, 2.24) is 14.9 Å². The Bertz CT molecular complexity index is 1430. The lowest BCUT2D eigenvalue weighted by atomic mass is 9.43. The third kappa shape index (κ3) is 6.24. The Labute approximate surface area is 282 Å². The van der Waals surface area contributed by atoms with Crippen molar-refractivity contribution in [2.24, 2.45) is 46.3 Å². The summed E-state index contributed by atoms with van der Waals surface area (Å²) in [5.41, 5.74) is 5.21. The summed E-state index contributed by atoms with van der Waals surface area (Å²) < 4.78 is 0. The number of fused-ring (bicyclic) bond motifs is 6. The maximum Gasteiger partial charge on any atom is 0.222 e. The SMILES string of the molecule is Cc1ccc(CCNc2ncc3c(n2)CCN(C(=O)CC[C@@H](C)[C@H]2CC[C@H]4[C@@H]5[C@@H](O)C[C@@H]6C[C@H](O)CC[C@]6(C)[C@H]5CC[C@]24C)C3)cc1. The number of carbonyl (C=O) groups excluding carboxylic acids is 1. The molecule has 0 saturated heterocycles. The Morgan fingerprint density at radius 2 is 1.81 bits per heavy atom. The fraction of sp³-hybridized carbons (Fsp3) is 0.725. The predicted molar refractivity (Wildman–Crippen MR) is 186 cm³/mol. The molecule has 4 aliphatic carbocycles. The number of carbonyl (C=O) groups is 1. The van der Waals surface area contributed by atoms with Crippen LogP contribution in [0, 0.1) is 53.3 Å². The quantitative estimate of drug-likeness (QED) is 0.295. The van der Waals surface area contributed by atoms with Crippen molar-refractivity contribution in [3.05, 3.63) is 52.8 Å². The van der Waals surface area contributed by atoms with Crippen molar-refractivity contribution in [3.8, 4) is 0 Å². The second-order valence-electron chi connectivity index (χ2n) is 16.9. The van der Waals surface area contributed by atoms with Gasteiger partial charge in [-0.25, -0.2) is 9.97 Å². The van der Waals surface area contributed by atoms with Crippen LogP contribution in [-0.2, 0) is 24.2 Å². The number of aliphatic hydroxyl groups excluding tert-OH is 2. The van der Waals surface area contributed by atoms with E-state index in [1.165, 1.54) is 36.8 Å². The molecule has 0 radical (unpaired) electrons. The fourth-order valence-electron chi connectivity index (χ4n) is 11.6. The number of benzene rings is 1. The maximum absolute atomic E-state index is 13.5. The molecule has 1 aromatic heterocycles. The summed E-state index contributed by atoms with van der Waals surface area (Å²) >= 11 is 0. The van der Waals surface area contributed by atoms with Crippen molar-refractivity contribution in [2.75, 3.05) is 18.4 Å². The molecule has 2 aromatic rings. The molecule has 5 aliphatic rings. The van der Waals surface area contributed by atoms with E-state index in [0.717, 1.165) is 69.3 Å². The Hall–Kier alpha value is -2.51. The number of aliphatic hydroxyl groups is 2. The van der Waals surface area contributed by atoms with Crippen LogP contribution in [0.25, 0.3) is 0 Å². The van der Waals surface area contributed by atoms with Gasteiger partial charge in [0.2, 0.25) is 11.9 Å². The van der Waals surface area contributed by atoms with Crippen LogP contribution in [0.4, 0.5) is 5.95 Å². The molecule has 3 N–H and O–H groups in total. The van der Waals surface area contributed by atoms with Gasteiger partial charge in [0.25, 0.3) is 0 Å².